The maximum absolute atomic E-state index is 13.4. The number of anilines is 1. The van der Waals surface area contributed by atoms with E-state index in [0.29, 0.717) is 12.1 Å². The van der Waals surface area contributed by atoms with Crippen molar-refractivity contribution in [1.29, 1.82) is 5.26 Å². The van der Waals surface area contributed by atoms with Gasteiger partial charge in [-0.3, -0.25) is 4.79 Å². The number of amides is 1. The SMILES string of the molecule is N#Cc1cc(F)ccc1NC(=O)c1c(F)cc(F)cc1F. The van der Waals surface area contributed by atoms with Crippen LogP contribution in [0, 0.1) is 34.6 Å². The zero-order valence-electron chi connectivity index (χ0n) is 10.3. The van der Waals surface area contributed by atoms with Gasteiger partial charge in [-0.1, -0.05) is 0 Å². The monoisotopic (exact) mass is 294 g/mol. The van der Waals surface area contributed by atoms with E-state index in [0.717, 1.165) is 18.2 Å². The molecule has 0 aromatic heterocycles. The summed E-state index contributed by atoms with van der Waals surface area (Å²) in [6.07, 6.45) is 0. The van der Waals surface area contributed by atoms with Gasteiger partial charge in [0.15, 0.2) is 0 Å². The highest BCUT2D eigenvalue weighted by Gasteiger charge is 2.20. The van der Waals surface area contributed by atoms with Crippen molar-refractivity contribution >= 4 is 11.6 Å². The standard InChI is InChI=1S/C14H6F4N2O/c15-8-1-2-12(7(3-8)6-19)20-14(21)13-10(17)4-9(16)5-11(13)18/h1-5H,(H,20,21). The fourth-order valence-electron chi connectivity index (χ4n) is 1.66. The van der Waals surface area contributed by atoms with Crippen molar-refractivity contribution in [2.75, 3.05) is 5.32 Å². The molecule has 0 radical (unpaired) electrons. The Morgan fingerprint density at radius 3 is 2.19 bits per heavy atom. The molecule has 21 heavy (non-hydrogen) atoms. The molecule has 0 atom stereocenters. The predicted molar refractivity (Wildman–Crippen MR) is 65.4 cm³/mol. The maximum atomic E-state index is 13.4. The smallest absolute Gasteiger partial charge is 0.261 e. The molecule has 0 aliphatic carbocycles. The Balaban J connectivity index is 2.38. The van der Waals surface area contributed by atoms with Gasteiger partial charge in [-0.25, -0.2) is 17.6 Å². The lowest BCUT2D eigenvalue weighted by atomic mass is 10.1. The molecule has 0 saturated heterocycles. The van der Waals surface area contributed by atoms with Gasteiger partial charge >= 0.3 is 0 Å². The van der Waals surface area contributed by atoms with Gasteiger partial charge < -0.3 is 5.32 Å². The molecule has 0 aliphatic rings. The van der Waals surface area contributed by atoms with E-state index in [-0.39, 0.29) is 11.3 Å². The highest BCUT2D eigenvalue weighted by molar-refractivity contribution is 6.05. The molecule has 1 amide bonds. The van der Waals surface area contributed by atoms with E-state index in [1.807, 2.05) is 0 Å². The van der Waals surface area contributed by atoms with Crippen molar-refractivity contribution < 1.29 is 22.4 Å². The largest absolute Gasteiger partial charge is 0.321 e. The third-order valence-electron chi connectivity index (χ3n) is 2.58. The number of hydrogen-bond donors (Lipinski definition) is 1. The number of carbonyl (C=O) groups is 1. The number of carbonyl (C=O) groups excluding carboxylic acids is 1. The average molecular weight is 294 g/mol. The summed E-state index contributed by atoms with van der Waals surface area (Å²) in [5, 5.41) is 10.9. The van der Waals surface area contributed by atoms with E-state index < -0.39 is 34.7 Å². The van der Waals surface area contributed by atoms with Crippen LogP contribution in [0.1, 0.15) is 15.9 Å². The van der Waals surface area contributed by atoms with Crippen LogP contribution in [0.25, 0.3) is 0 Å². The summed E-state index contributed by atoms with van der Waals surface area (Å²) in [4.78, 5) is 11.8. The lowest BCUT2D eigenvalue weighted by Crippen LogP contribution is -2.17. The minimum Gasteiger partial charge on any atom is -0.321 e. The highest BCUT2D eigenvalue weighted by atomic mass is 19.1. The number of rotatable bonds is 2. The van der Waals surface area contributed by atoms with Gasteiger partial charge in [-0.2, -0.15) is 5.26 Å². The number of hydrogen-bond acceptors (Lipinski definition) is 2. The van der Waals surface area contributed by atoms with Crippen LogP contribution in [0.15, 0.2) is 30.3 Å². The summed E-state index contributed by atoms with van der Waals surface area (Å²) in [7, 11) is 0. The average Bonchev–Trinajstić information content (AvgIpc) is 2.39. The van der Waals surface area contributed by atoms with Crippen LogP contribution in [0.3, 0.4) is 0 Å². The number of benzene rings is 2. The lowest BCUT2D eigenvalue weighted by Gasteiger charge is -2.08. The fraction of sp³-hybridized carbons (Fsp3) is 0. The normalized spacial score (nSPS) is 10.0. The first-order chi connectivity index (χ1) is 9.92. The summed E-state index contributed by atoms with van der Waals surface area (Å²) in [6.45, 7) is 0. The molecule has 1 N–H and O–H groups in total. The Labute approximate surface area is 116 Å². The maximum Gasteiger partial charge on any atom is 0.261 e. The van der Waals surface area contributed by atoms with Gasteiger partial charge in [0.2, 0.25) is 0 Å². The van der Waals surface area contributed by atoms with Crippen molar-refractivity contribution in [3.05, 3.63) is 64.7 Å². The van der Waals surface area contributed by atoms with Gasteiger partial charge in [0.1, 0.15) is 34.9 Å². The Hall–Kier alpha value is -2.88. The second-order valence-electron chi connectivity index (χ2n) is 4.00. The van der Waals surface area contributed by atoms with Crippen molar-refractivity contribution in [3.63, 3.8) is 0 Å². The molecule has 0 spiro atoms. The molecule has 3 nitrogen and oxygen atoms in total. The summed E-state index contributed by atoms with van der Waals surface area (Å²) >= 11 is 0. The first-order valence-corrected chi connectivity index (χ1v) is 5.58. The Bertz CT molecular complexity index is 745. The molecular formula is C14H6F4N2O. The quantitative estimate of drug-likeness (QED) is 0.863. The molecule has 2 rings (SSSR count). The van der Waals surface area contributed by atoms with Crippen LogP contribution in [-0.4, -0.2) is 5.91 Å². The van der Waals surface area contributed by atoms with E-state index in [2.05, 4.69) is 5.32 Å². The zero-order valence-corrected chi connectivity index (χ0v) is 10.3. The first kappa shape index (κ1) is 14.5. The minimum atomic E-state index is -1.38. The predicted octanol–water partition coefficient (Wildman–Crippen LogP) is 3.37. The molecule has 0 heterocycles. The van der Waals surface area contributed by atoms with Crippen molar-refractivity contribution in [1.82, 2.24) is 0 Å². The van der Waals surface area contributed by atoms with Gasteiger partial charge in [0, 0.05) is 12.1 Å². The van der Waals surface area contributed by atoms with Gasteiger partial charge in [0.05, 0.1) is 11.3 Å². The molecule has 0 saturated carbocycles. The van der Waals surface area contributed by atoms with E-state index >= 15 is 0 Å². The zero-order chi connectivity index (χ0) is 15.6. The Kier molecular flexibility index (Phi) is 3.89. The third-order valence-corrected chi connectivity index (χ3v) is 2.58. The second kappa shape index (κ2) is 5.63. The number of nitriles is 1. The number of nitrogens with one attached hydrogen (secondary N) is 1. The van der Waals surface area contributed by atoms with Gasteiger partial charge in [0.25, 0.3) is 5.91 Å². The molecule has 0 bridgehead atoms. The van der Waals surface area contributed by atoms with Crippen LogP contribution in [-0.2, 0) is 0 Å². The fourth-order valence-corrected chi connectivity index (χ4v) is 1.66. The van der Waals surface area contributed by atoms with Crippen molar-refractivity contribution in [2.45, 2.75) is 0 Å². The van der Waals surface area contributed by atoms with E-state index in [1.165, 1.54) is 0 Å². The molecule has 7 heteroatoms. The lowest BCUT2D eigenvalue weighted by molar-refractivity contribution is 0.101. The Morgan fingerprint density at radius 1 is 1.00 bits per heavy atom. The van der Waals surface area contributed by atoms with Gasteiger partial charge in [-0.15, -0.1) is 0 Å². The van der Waals surface area contributed by atoms with Crippen LogP contribution >= 0.6 is 0 Å². The summed E-state index contributed by atoms with van der Waals surface area (Å²) < 4.78 is 52.6. The minimum absolute atomic E-state index is 0.118. The Morgan fingerprint density at radius 2 is 1.62 bits per heavy atom. The number of nitrogens with zero attached hydrogens (tertiary/aromatic N) is 1. The van der Waals surface area contributed by atoms with Crippen LogP contribution in [0.5, 0.6) is 0 Å². The molecule has 2 aromatic carbocycles. The van der Waals surface area contributed by atoms with Crippen molar-refractivity contribution in [3.8, 4) is 6.07 Å². The molecule has 106 valence electrons. The molecule has 2 aromatic rings. The number of halogens is 4. The third kappa shape index (κ3) is 3.00. The summed E-state index contributed by atoms with van der Waals surface area (Å²) in [5.41, 5.74) is -1.33. The van der Waals surface area contributed by atoms with Crippen molar-refractivity contribution in [2.24, 2.45) is 0 Å². The molecule has 0 unspecified atom stereocenters. The summed E-state index contributed by atoms with van der Waals surface area (Å²) in [5.74, 6) is -5.85. The molecular weight excluding hydrogens is 288 g/mol. The molecule has 0 aliphatic heterocycles. The second-order valence-corrected chi connectivity index (χ2v) is 4.00. The highest BCUT2D eigenvalue weighted by Crippen LogP contribution is 2.20. The summed E-state index contributed by atoms with van der Waals surface area (Å²) in [6, 6.07) is 5.23. The van der Waals surface area contributed by atoms with Gasteiger partial charge in [-0.05, 0) is 18.2 Å². The van der Waals surface area contributed by atoms with E-state index in [9.17, 15) is 22.4 Å². The van der Waals surface area contributed by atoms with E-state index in [4.69, 9.17) is 5.26 Å². The molecule has 0 fully saturated rings. The van der Waals surface area contributed by atoms with Crippen LogP contribution < -0.4 is 5.32 Å². The first-order valence-electron chi connectivity index (χ1n) is 5.58. The van der Waals surface area contributed by atoms with Crippen LogP contribution in [0.4, 0.5) is 23.2 Å². The van der Waals surface area contributed by atoms with Crippen LogP contribution in [0.2, 0.25) is 0 Å². The van der Waals surface area contributed by atoms with E-state index in [1.54, 1.807) is 6.07 Å². The topological polar surface area (TPSA) is 52.9 Å².